The van der Waals surface area contributed by atoms with Crippen LogP contribution in [0.15, 0.2) is 36.7 Å². The Morgan fingerprint density at radius 3 is 2.20 bits per heavy atom. The van der Waals surface area contributed by atoms with Crippen LogP contribution in [0.5, 0.6) is 0 Å². The average molecular weight is 303 g/mol. The van der Waals surface area contributed by atoms with Gasteiger partial charge in [0.1, 0.15) is 5.02 Å². The van der Waals surface area contributed by atoms with Crippen LogP contribution in [-0.2, 0) is 6.18 Å². The Hall–Kier alpha value is -1.82. The number of alkyl halides is 3. The lowest BCUT2D eigenvalue weighted by Gasteiger charge is -2.11. The van der Waals surface area contributed by atoms with Crippen molar-refractivity contribution in [1.29, 1.82) is 0 Å². The van der Waals surface area contributed by atoms with E-state index in [1.165, 1.54) is 10.6 Å². The van der Waals surface area contributed by atoms with E-state index in [-0.39, 0.29) is 10.8 Å². The molecule has 0 amide bonds. The number of hydrogen-bond donors (Lipinski definition) is 0. The predicted octanol–water partition coefficient (Wildman–Crippen LogP) is 3.10. The molecule has 0 N–H and O–H groups in total. The van der Waals surface area contributed by atoms with Crippen molar-refractivity contribution in [2.45, 2.75) is 6.18 Å². The van der Waals surface area contributed by atoms with Crippen molar-refractivity contribution in [3.05, 3.63) is 47.4 Å². The Morgan fingerprint density at radius 1 is 1.10 bits per heavy atom. The summed E-state index contributed by atoms with van der Waals surface area (Å²) in [6, 6.07) is 5.58. The van der Waals surface area contributed by atoms with E-state index >= 15 is 0 Å². The van der Waals surface area contributed by atoms with Gasteiger partial charge in [-0.3, -0.25) is 0 Å². The molecule has 0 saturated heterocycles. The van der Waals surface area contributed by atoms with Crippen LogP contribution in [-0.4, -0.2) is 19.1 Å². The molecule has 2 aromatic rings. The quantitative estimate of drug-likeness (QED) is 0.795. The van der Waals surface area contributed by atoms with Crippen LogP contribution in [0.2, 0.25) is 5.02 Å². The smallest absolute Gasteiger partial charge is 0.377 e. The normalized spacial score (nSPS) is 11.5. The minimum Gasteiger partial charge on any atom is -0.377 e. The molecule has 0 aliphatic rings. The second-order valence-electron chi connectivity index (χ2n) is 4.36. The lowest BCUT2D eigenvalue weighted by Crippen LogP contribution is -2.32. The summed E-state index contributed by atoms with van der Waals surface area (Å²) in [5, 5.41) is 0.153. The van der Waals surface area contributed by atoms with Crippen LogP contribution < -0.4 is 9.47 Å². The fourth-order valence-electron chi connectivity index (χ4n) is 1.63. The van der Waals surface area contributed by atoms with E-state index in [9.17, 15) is 13.2 Å². The lowest BCUT2D eigenvalue weighted by atomic mass is 10.3. The molecule has 20 heavy (non-hydrogen) atoms. The standard InChI is InChI=1S/C13H12ClF3N3/c1-19(2)9-5-7-20(8-6-9)12-10(14)3-4-11(18-12)13(15,16)17/h3-8H,1-2H3/q+1. The van der Waals surface area contributed by atoms with Gasteiger partial charge in [0.25, 0.3) is 5.69 Å². The summed E-state index contributed by atoms with van der Waals surface area (Å²) in [4.78, 5) is 5.46. The van der Waals surface area contributed by atoms with Crippen molar-refractivity contribution in [1.82, 2.24) is 4.98 Å². The highest BCUT2D eigenvalue weighted by Crippen LogP contribution is 2.29. The van der Waals surface area contributed by atoms with E-state index in [2.05, 4.69) is 4.98 Å². The van der Waals surface area contributed by atoms with E-state index in [4.69, 9.17) is 11.6 Å². The van der Waals surface area contributed by atoms with Crippen molar-refractivity contribution < 1.29 is 17.7 Å². The maximum atomic E-state index is 12.7. The van der Waals surface area contributed by atoms with Crippen molar-refractivity contribution in [2.24, 2.45) is 0 Å². The fraction of sp³-hybridized carbons (Fsp3) is 0.231. The molecule has 0 atom stereocenters. The third kappa shape index (κ3) is 3.01. The van der Waals surface area contributed by atoms with Gasteiger partial charge in [0.2, 0.25) is 0 Å². The van der Waals surface area contributed by atoms with E-state index in [1.807, 2.05) is 19.0 Å². The number of anilines is 1. The first kappa shape index (κ1) is 14.6. The molecule has 0 radical (unpaired) electrons. The van der Waals surface area contributed by atoms with Crippen LogP contribution in [0.3, 0.4) is 0 Å². The highest BCUT2D eigenvalue weighted by molar-refractivity contribution is 6.31. The third-order valence-corrected chi connectivity index (χ3v) is 2.99. The topological polar surface area (TPSA) is 20.0 Å². The van der Waals surface area contributed by atoms with E-state index in [0.717, 1.165) is 11.8 Å². The molecule has 0 aliphatic carbocycles. The molecule has 0 fully saturated rings. The highest BCUT2D eigenvalue weighted by Gasteiger charge is 2.38. The Bertz CT molecular complexity index is 609. The van der Waals surface area contributed by atoms with Crippen LogP contribution in [0, 0.1) is 0 Å². The zero-order chi connectivity index (χ0) is 14.9. The summed E-state index contributed by atoms with van der Waals surface area (Å²) in [5.41, 5.74) is -0.0505. The molecule has 0 saturated carbocycles. The van der Waals surface area contributed by atoms with Gasteiger partial charge in [0.05, 0.1) is 12.4 Å². The molecule has 2 heterocycles. The van der Waals surface area contributed by atoms with Crippen molar-refractivity contribution in [3.8, 4) is 5.82 Å². The third-order valence-electron chi connectivity index (χ3n) is 2.69. The number of halogens is 4. The van der Waals surface area contributed by atoms with Gasteiger partial charge < -0.3 is 4.90 Å². The second kappa shape index (κ2) is 5.28. The number of aromatic nitrogens is 2. The Balaban J connectivity index is 2.46. The first-order valence-electron chi connectivity index (χ1n) is 5.72. The van der Waals surface area contributed by atoms with E-state index < -0.39 is 11.9 Å². The summed E-state index contributed by atoms with van der Waals surface area (Å²) in [6.45, 7) is 0. The van der Waals surface area contributed by atoms with Gasteiger partial charge in [-0.15, -0.1) is 0 Å². The minimum atomic E-state index is -4.50. The van der Waals surface area contributed by atoms with E-state index in [1.54, 1.807) is 24.5 Å². The molecular weight excluding hydrogens is 291 g/mol. The zero-order valence-corrected chi connectivity index (χ0v) is 11.6. The summed E-state index contributed by atoms with van der Waals surface area (Å²) in [5.74, 6) is 0.0480. The molecule has 2 aromatic heterocycles. The van der Waals surface area contributed by atoms with Gasteiger partial charge in [-0.25, -0.2) is 4.57 Å². The largest absolute Gasteiger partial charge is 0.457 e. The number of hydrogen-bond acceptors (Lipinski definition) is 2. The van der Waals surface area contributed by atoms with Crippen molar-refractivity contribution >= 4 is 17.3 Å². The molecule has 0 aliphatic heterocycles. The van der Waals surface area contributed by atoms with Gasteiger partial charge in [0.15, 0.2) is 0 Å². The summed E-state index contributed by atoms with van der Waals surface area (Å²) in [7, 11) is 3.74. The van der Waals surface area contributed by atoms with Crippen LogP contribution >= 0.6 is 11.6 Å². The van der Waals surface area contributed by atoms with Crippen molar-refractivity contribution in [3.63, 3.8) is 0 Å². The molecule has 7 heteroatoms. The maximum absolute atomic E-state index is 12.7. The van der Waals surface area contributed by atoms with Gasteiger partial charge in [-0.1, -0.05) is 11.6 Å². The molecule has 0 unspecified atom stereocenters. The lowest BCUT2D eigenvalue weighted by molar-refractivity contribution is -0.599. The molecule has 3 nitrogen and oxygen atoms in total. The van der Waals surface area contributed by atoms with Crippen LogP contribution in [0.1, 0.15) is 5.69 Å². The van der Waals surface area contributed by atoms with Crippen LogP contribution in [0.25, 0.3) is 5.82 Å². The Kier molecular flexibility index (Phi) is 3.85. The van der Waals surface area contributed by atoms with E-state index in [0.29, 0.717) is 0 Å². The molecule has 2 rings (SSSR count). The van der Waals surface area contributed by atoms with Gasteiger partial charge in [-0.05, 0) is 17.1 Å². The molecule has 106 valence electrons. The highest BCUT2D eigenvalue weighted by atomic mass is 35.5. The second-order valence-corrected chi connectivity index (χ2v) is 4.76. The molecular formula is C13H12ClF3N3+. The fourth-order valence-corrected chi connectivity index (χ4v) is 1.83. The summed E-state index contributed by atoms with van der Waals surface area (Å²) in [6.07, 6.45) is -1.27. The van der Waals surface area contributed by atoms with Crippen LogP contribution in [0.4, 0.5) is 18.9 Å². The average Bonchev–Trinajstić information content (AvgIpc) is 2.38. The number of rotatable bonds is 2. The van der Waals surface area contributed by atoms with Gasteiger partial charge in [0, 0.05) is 31.9 Å². The first-order chi connectivity index (χ1) is 9.29. The maximum Gasteiger partial charge on any atom is 0.457 e. The van der Waals surface area contributed by atoms with Gasteiger partial charge >= 0.3 is 12.0 Å². The Morgan fingerprint density at radius 2 is 1.70 bits per heavy atom. The molecule has 0 spiro atoms. The summed E-state index contributed by atoms with van der Waals surface area (Å²) >= 11 is 5.92. The summed E-state index contributed by atoms with van der Waals surface area (Å²) < 4.78 is 39.4. The SMILES string of the molecule is CN(C)c1cc[n+](-c2nc(C(F)(F)F)ccc2Cl)cc1. The van der Waals surface area contributed by atoms with Crippen molar-refractivity contribution in [2.75, 3.05) is 19.0 Å². The monoisotopic (exact) mass is 302 g/mol. The number of pyridine rings is 2. The number of nitrogens with zero attached hydrogens (tertiary/aromatic N) is 3. The molecule has 0 aromatic carbocycles. The first-order valence-corrected chi connectivity index (χ1v) is 6.09. The zero-order valence-electron chi connectivity index (χ0n) is 10.8. The Labute approximate surface area is 119 Å². The minimum absolute atomic E-state index is 0.0480. The molecule has 0 bridgehead atoms. The predicted molar refractivity (Wildman–Crippen MR) is 70.1 cm³/mol. The van der Waals surface area contributed by atoms with Gasteiger partial charge in [-0.2, -0.15) is 13.2 Å².